The molecule has 0 spiro atoms. The molecular weight excluding hydrogens is 224 g/mol. The lowest BCUT2D eigenvalue weighted by atomic mass is 10.1. The molecule has 18 heavy (non-hydrogen) atoms. The van der Waals surface area contributed by atoms with Crippen LogP contribution >= 0.6 is 0 Å². The molecule has 1 aliphatic rings. The van der Waals surface area contributed by atoms with Crippen molar-refractivity contribution in [3.05, 3.63) is 24.3 Å². The van der Waals surface area contributed by atoms with Gasteiger partial charge in [0.1, 0.15) is 5.75 Å². The van der Waals surface area contributed by atoms with Crippen LogP contribution in [-0.4, -0.2) is 26.2 Å². The van der Waals surface area contributed by atoms with Gasteiger partial charge in [-0.2, -0.15) is 0 Å². The van der Waals surface area contributed by atoms with Gasteiger partial charge in [-0.25, -0.2) is 0 Å². The Morgan fingerprint density at radius 1 is 1.44 bits per heavy atom. The number of ether oxygens (including phenoxy) is 1. The van der Waals surface area contributed by atoms with Crippen molar-refractivity contribution in [1.29, 1.82) is 0 Å². The van der Waals surface area contributed by atoms with Crippen molar-refractivity contribution < 1.29 is 4.74 Å². The maximum absolute atomic E-state index is 5.75. The monoisotopic (exact) mass is 248 g/mol. The number of benzene rings is 1. The Kier molecular flexibility index (Phi) is 4.88. The van der Waals surface area contributed by atoms with Crippen LogP contribution in [0.25, 0.3) is 0 Å². The zero-order valence-electron chi connectivity index (χ0n) is 11.3. The van der Waals surface area contributed by atoms with Gasteiger partial charge in [0.05, 0.1) is 6.61 Å². The molecule has 0 saturated carbocycles. The highest BCUT2D eigenvalue weighted by molar-refractivity contribution is 5.51. The molecule has 1 aromatic carbocycles. The Morgan fingerprint density at radius 3 is 3.06 bits per heavy atom. The van der Waals surface area contributed by atoms with E-state index in [0.717, 1.165) is 38.4 Å². The van der Waals surface area contributed by atoms with Gasteiger partial charge in [0.25, 0.3) is 0 Å². The second-order valence-corrected chi connectivity index (χ2v) is 5.04. The summed E-state index contributed by atoms with van der Waals surface area (Å²) in [5.74, 6) is 1.63. The van der Waals surface area contributed by atoms with E-state index in [-0.39, 0.29) is 0 Å². The van der Waals surface area contributed by atoms with Crippen LogP contribution in [0.4, 0.5) is 5.69 Å². The van der Waals surface area contributed by atoms with E-state index in [4.69, 9.17) is 10.5 Å². The number of unbranched alkanes of at least 4 members (excludes halogenated alkanes) is 1. The number of anilines is 1. The highest BCUT2D eigenvalue weighted by Crippen LogP contribution is 2.26. The fourth-order valence-electron chi connectivity index (χ4n) is 2.36. The molecule has 0 radical (unpaired) electrons. The van der Waals surface area contributed by atoms with Crippen LogP contribution in [0.5, 0.6) is 5.75 Å². The zero-order chi connectivity index (χ0) is 12.8. The SMILES string of the molecule is CCCCOc1cccc(N2CCC(CN)C2)c1. The fraction of sp³-hybridized carbons (Fsp3) is 0.600. The van der Waals surface area contributed by atoms with Gasteiger partial charge in [0, 0.05) is 24.8 Å². The molecular formula is C15H24N2O. The first kappa shape index (κ1) is 13.2. The Labute approximate surface area is 110 Å². The van der Waals surface area contributed by atoms with Crippen molar-refractivity contribution in [3.63, 3.8) is 0 Å². The van der Waals surface area contributed by atoms with Gasteiger partial charge in [0.2, 0.25) is 0 Å². The second kappa shape index (κ2) is 6.64. The minimum absolute atomic E-state index is 0.648. The van der Waals surface area contributed by atoms with Crippen molar-refractivity contribution >= 4 is 5.69 Å². The average Bonchev–Trinajstić information content (AvgIpc) is 2.88. The predicted molar refractivity (Wildman–Crippen MR) is 76.2 cm³/mol. The third kappa shape index (κ3) is 3.39. The van der Waals surface area contributed by atoms with Crippen LogP contribution in [0.3, 0.4) is 0 Å². The molecule has 3 heteroatoms. The molecule has 0 bridgehead atoms. The van der Waals surface area contributed by atoms with E-state index in [2.05, 4.69) is 30.0 Å². The van der Waals surface area contributed by atoms with Crippen molar-refractivity contribution in [1.82, 2.24) is 0 Å². The van der Waals surface area contributed by atoms with Crippen LogP contribution in [-0.2, 0) is 0 Å². The number of nitrogens with zero attached hydrogens (tertiary/aromatic N) is 1. The highest BCUT2D eigenvalue weighted by Gasteiger charge is 2.21. The standard InChI is InChI=1S/C15H24N2O/c1-2-3-9-18-15-6-4-5-14(10-15)17-8-7-13(11-16)12-17/h4-6,10,13H,2-3,7-9,11-12,16H2,1H3. The van der Waals surface area contributed by atoms with Crippen molar-refractivity contribution in [2.75, 3.05) is 31.1 Å². The maximum Gasteiger partial charge on any atom is 0.121 e. The molecule has 100 valence electrons. The van der Waals surface area contributed by atoms with E-state index in [1.165, 1.54) is 18.5 Å². The van der Waals surface area contributed by atoms with Gasteiger partial charge in [-0.05, 0) is 37.4 Å². The van der Waals surface area contributed by atoms with Crippen molar-refractivity contribution in [3.8, 4) is 5.75 Å². The summed E-state index contributed by atoms with van der Waals surface area (Å²) in [6.45, 7) is 5.97. The van der Waals surface area contributed by atoms with E-state index >= 15 is 0 Å². The van der Waals surface area contributed by atoms with E-state index in [1.807, 2.05) is 6.07 Å². The third-order valence-corrected chi connectivity index (χ3v) is 3.57. The molecule has 1 atom stereocenters. The van der Waals surface area contributed by atoms with Crippen LogP contribution in [0.1, 0.15) is 26.2 Å². The summed E-state index contributed by atoms with van der Waals surface area (Å²) >= 11 is 0. The zero-order valence-corrected chi connectivity index (χ0v) is 11.3. The summed E-state index contributed by atoms with van der Waals surface area (Å²) in [6.07, 6.45) is 3.49. The van der Waals surface area contributed by atoms with Crippen molar-refractivity contribution in [2.45, 2.75) is 26.2 Å². The Balaban J connectivity index is 1.94. The Hall–Kier alpha value is -1.22. The molecule has 0 aliphatic carbocycles. The van der Waals surface area contributed by atoms with E-state index in [0.29, 0.717) is 5.92 Å². The number of hydrogen-bond acceptors (Lipinski definition) is 3. The van der Waals surface area contributed by atoms with E-state index < -0.39 is 0 Å². The second-order valence-electron chi connectivity index (χ2n) is 5.04. The van der Waals surface area contributed by atoms with Gasteiger partial charge >= 0.3 is 0 Å². The average molecular weight is 248 g/mol. The molecule has 1 aliphatic heterocycles. The first-order valence-electron chi connectivity index (χ1n) is 7.01. The predicted octanol–water partition coefficient (Wildman–Crippen LogP) is 2.65. The smallest absolute Gasteiger partial charge is 0.121 e. The topological polar surface area (TPSA) is 38.5 Å². The summed E-state index contributed by atoms with van der Waals surface area (Å²) in [7, 11) is 0. The van der Waals surface area contributed by atoms with Gasteiger partial charge < -0.3 is 15.4 Å². The molecule has 1 saturated heterocycles. The van der Waals surface area contributed by atoms with Crippen molar-refractivity contribution in [2.24, 2.45) is 11.7 Å². The maximum atomic E-state index is 5.75. The lowest BCUT2D eigenvalue weighted by Crippen LogP contribution is -2.22. The molecule has 1 aromatic rings. The molecule has 2 N–H and O–H groups in total. The van der Waals surface area contributed by atoms with Crippen LogP contribution in [0, 0.1) is 5.92 Å². The van der Waals surface area contributed by atoms with Gasteiger partial charge in [-0.15, -0.1) is 0 Å². The number of rotatable bonds is 6. The first-order chi connectivity index (χ1) is 8.83. The van der Waals surface area contributed by atoms with Crippen LogP contribution < -0.4 is 15.4 Å². The lowest BCUT2D eigenvalue weighted by molar-refractivity contribution is 0.309. The molecule has 3 nitrogen and oxygen atoms in total. The normalized spacial score (nSPS) is 19.2. The van der Waals surface area contributed by atoms with Gasteiger partial charge in [-0.1, -0.05) is 19.4 Å². The third-order valence-electron chi connectivity index (χ3n) is 3.57. The molecule has 1 heterocycles. The number of hydrogen-bond donors (Lipinski definition) is 1. The number of nitrogens with two attached hydrogens (primary N) is 1. The summed E-state index contributed by atoms with van der Waals surface area (Å²) in [5.41, 5.74) is 7.00. The Morgan fingerprint density at radius 2 is 2.33 bits per heavy atom. The molecule has 0 amide bonds. The molecule has 2 rings (SSSR count). The summed E-state index contributed by atoms with van der Waals surface area (Å²) in [5, 5.41) is 0. The largest absolute Gasteiger partial charge is 0.494 e. The molecule has 1 fully saturated rings. The van der Waals surface area contributed by atoms with Gasteiger partial charge in [-0.3, -0.25) is 0 Å². The van der Waals surface area contributed by atoms with E-state index in [9.17, 15) is 0 Å². The quantitative estimate of drug-likeness (QED) is 0.787. The first-order valence-corrected chi connectivity index (χ1v) is 7.01. The Bertz CT molecular complexity index is 367. The minimum atomic E-state index is 0.648. The molecule has 1 unspecified atom stereocenters. The van der Waals surface area contributed by atoms with Crippen LogP contribution in [0.2, 0.25) is 0 Å². The highest BCUT2D eigenvalue weighted by atomic mass is 16.5. The van der Waals surface area contributed by atoms with Gasteiger partial charge in [0.15, 0.2) is 0 Å². The fourth-order valence-corrected chi connectivity index (χ4v) is 2.36. The summed E-state index contributed by atoms with van der Waals surface area (Å²) < 4.78 is 5.75. The summed E-state index contributed by atoms with van der Waals surface area (Å²) in [4.78, 5) is 2.41. The lowest BCUT2D eigenvalue weighted by Gasteiger charge is -2.19. The van der Waals surface area contributed by atoms with E-state index in [1.54, 1.807) is 0 Å². The van der Waals surface area contributed by atoms with Crippen LogP contribution in [0.15, 0.2) is 24.3 Å². The molecule has 0 aromatic heterocycles. The minimum Gasteiger partial charge on any atom is -0.494 e. The summed E-state index contributed by atoms with van der Waals surface area (Å²) in [6, 6.07) is 8.42.